The van der Waals surface area contributed by atoms with E-state index >= 15 is 0 Å². The summed E-state index contributed by atoms with van der Waals surface area (Å²) < 4.78 is 27.5. The number of carbonyl (C=O) groups excluding carboxylic acids is 1. The minimum Gasteiger partial charge on any atom is -0.338 e. The van der Waals surface area contributed by atoms with Crippen LogP contribution in [0.5, 0.6) is 0 Å². The number of hydrogen-bond donors (Lipinski definition) is 2. The molecule has 34 heavy (non-hydrogen) atoms. The average Bonchev–Trinajstić information content (AvgIpc) is 3.29. The third-order valence-corrected chi connectivity index (χ3v) is 8.13. The Hall–Kier alpha value is -3.20. The summed E-state index contributed by atoms with van der Waals surface area (Å²) in [5.74, 6) is 0.0821. The van der Waals surface area contributed by atoms with Gasteiger partial charge in [-0.2, -0.15) is 4.31 Å². The number of rotatable bonds is 5. The number of benzene rings is 3. The van der Waals surface area contributed by atoms with Gasteiger partial charge in [0.05, 0.1) is 21.8 Å². The first-order chi connectivity index (χ1) is 16.4. The van der Waals surface area contributed by atoms with Crippen LogP contribution in [0.3, 0.4) is 0 Å². The van der Waals surface area contributed by atoms with Gasteiger partial charge in [-0.3, -0.25) is 4.79 Å². The number of halogens is 1. The molecule has 0 aliphatic carbocycles. The first kappa shape index (κ1) is 22.6. The molecule has 174 valence electrons. The van der Waals surface area contributed by atoms with E-state index in [0.717, 1.165) is 22.4 Å². The van der Waals surface area contributed by atoms with Crippen LogP contribution in [0.2, 0.25) is 5.02 Å². The fraction of sp³-hybridized carbons (Fsp3) is 0.200. The van der Waals surface area contributed by atoms with Crippen LogP contribution in [0.15, 0.2) is 77.7 Å². The molecule has 1 aliphatic heterocycles. The lowest BCUT2D eigenvalue weighted by molar-refractivity contribution is -0.120. The van der Waals surface area contributed by atoms with Crippen LogP contribution in [-0.2, 0) is 14.8 Å². The van der Waals surface area contributed by atoms with E-state index in [9.17, 15) is 13.2 Å². The molecule has 0 radical (unpaired) electrons. The highest BCUT2D eigenvalue weighted by Crippen LogP contribution is 2.27. The van der Waals surface area contributed by atoms with Gasteiger partial charge in [0.2, 0.25) is 15.9 Å². The van der Waals surface area contributed by atoms with Crippen LogP contribution in [-0.4, -0.2) is 41.7 Å². The van der Waals surface area contributed by atoms with Gasteiger partial charge >= 0.3 is 0 Å². The third-order valence-electron chi connectivity index (χ3n) is 6.00. The average molecular weight is 495 g/mol. The second-order valence-electron chi connectivity index (χ2n) is 8.33. The smallest absolute Gasteiger partial charge is 0.243 e. The van der Waals surface area contributed by atoms with Crippen molar-refractivity contribution >= 4 is 44.3 Å². The van der Waals surface area contributed by atoms with Crippen molar-refractivity contribution in [3.8, 4) is 11.4 Å². The minimum absolute atomic E-state index is 0.139. The standard InChI is InChI=1S/C25H23ClN4O3S/c26-19-10-12-21(13-11-19)34(32,33)30-14-4-6-18(16-30)25(31)27-20-7-3-5-17(15-20)24-28-22-8-1-2-9-23(22)29-24/h1-3,5,7-13,15,18H,4,6,14,16H2,(H,27,31)(H,28,29). The van der Waals surface area contributed by atoms with Crippen molar-refractivity contribution in [2.45, 2.75) is 17.7 Å². The van der Waals surface area contributed by atoms with Gasteiger partial charge < -0.3 is 10.3 Å². The van der Waals surface area contributed by atoms with E-state index in [1.54, 1.807) is 12.1 Å². The largest absolute Gasteiger partial charge is 0.338 e. The van der Waals surface area contributed by atoms with Gasteiger partial charge in [-0.15, -0.1) is 0 Å². The van der Waals surface area contributed by atoms with Gasteiger partial charge in [0, 0.05) is 29.4 Å². The second-order valence-corrected chi connectivity index (χ2v) is 10.7. The molecule has 2 N–H and O–H groups in total. The van der Waals surface area contributed by atoms with E-state index in [4.69, 9.17) is 11.6 Å². The zero-order valence-electron chi connectivity index (χ0n) is 18.2. The molecule has 1 amide bonds. The molecule has 1 aliphatic rings. The fourth-order valence-corrected chi connectivity index (χ4v) is 5.86. The molecule has 7 nitrogen and oxygen atoms in total. The number of nitrogens with zero attached hydrogens (tertiary/aromatic N) is 2. The normalized spacial score (nSPS) is 17.0. The van der Waals surface area contributed by atoms with E-state index in [1.807, 2.05) is 48.5 Å². The lowest BCUT2D eigenvalue weighted by Crippen LogP contribution is -2.43. The Morgan fingerprint density at radius 1 is 1.06 bits per heavy atom. The number of H-pyrrole nitrogens is 1. The molecule has 1 unspecified atom stereocenters. The molecule has 1 aromatic heterocycles. The van der Waals surface area contributed by atoms with Gasteiger partial charge in [-0.05, 0) is 61.4 Å². The molecule has 1 atom stereocenters. The maximum Gasteiger partial charge on any atom is 0.243 e. The Morgan fingerprint density at radius 3 is 2.65 bits per heavy atom. The van der Waals surface area contributed by atoms with Crippen molar-refractivity contribution < 1.29 is 13.2 Å². The molecule has 9 heteroatoms. The Bertz CT molecular complexity index is 1420. The number of para-hydroxylation sites is 2. The predicted octanol–water partition coefficient (Wildman–Crippen LogP) is 4.92. The monoisotopic (exact) mass is 494 g/mol. The Kier molecular flexibility index (Phi) is 6.12. The number of piperidine rings is 1. The van der Waals surface area contributed by atoms with E-state index in [-0.39, 0.29) is 17.3 Å². The van der Waals surface area contributed by atoms with E-state index in [0.29, 0.717) is 30.1 Å². The second kappa shape index (κ2) is 9.21. The number of anilines is 1. The maximum absolute atomic E-state index is 13.0. The summed E-state index contributed by atoms with van der Waals surface area (Å²) in [6.07, 6.45) is 1.24. The molecular weight excluding hydrogens is 472 g/mol. The van der Waals surface area contributed by atoms with Gasteiger partial charge in [0.1, 0.15) is 5.82 Å². The van der Waals surface area contributed by atoms with Crippen LogP contribution in [0.1, 0.15) is 12.8 Å². The Balaban J connectivity index is 1.30. The highest BCUT2D eigenvalue weighted by atomic mass is 35.5. The number of hydrogen-bond acceptors (Lipinski definition) is 4. The van der Waals surface area contributed by atoms with Crippen LogP contribution in [0, 0.1) is 5.92 Å². The number of aromatic nitrogens is 2. The molecule has 1 fully saturated rings. The Labute approximate surface area is 202 Å². The molecule has 1 saturated heterocycles. The number of aromatic amines is 1. The van der Waals surface area contributed by atoms with Crippen molar-refractivity contribution in [3.05, 3.63) is 77.8 Å². The summed E-state index contributed by atoms with van der Waals surface area (Å²) >= 11 is 5.89. The van der Waals surface area contributed by atoms with Crippen LogP contribution < -0.4 is 5.32 Å². The van der Waals surface area contributed by atoms with Crippen molar-refractivity contribution in [2.24, 2.45) is 5.92 Å². The number of carbonyl (C=O) groups is 1. The molecule has 5 rings (SSSR count). The van der Waals surface area contributed by atoms with E-state index in [2.05, 4.69) is 15.3 Å². The maximum atomic E-state index is 13.0. The van der Waals surface area contributed by atoms with E-state index in [1.165, 1.54) is 16.4 Å². The quantitative estimate of drug-likeness (QED) is 0.411. The van der Waals surface area contributed by atoms with Crippen molar-refractivity contribution in [1.29, 1.82) is 0 Å². The predicted molar refractivity (Wildman–Crippen MR) is 133 cm³/mol. The molecule has 3 aromatic carbocycles. The number of sulfonamides is 1. The number of fused-ring (bicyclic) bond motifs is 1. The topological polar surface area (TPSA) is 95.2 Å². The first-order valence-corrected chi connectivity index (χ1v) is 12.8. The molecular formula is C25H23ClN4O3S. The first-order valence-electron chi connectivity index (χ1n) is 11.0. The van der Waals surface area contributed by atoms with Crippen LogP contribution in [0.25, 0.3) is 22.4 Å². The highest BCUT2D eigenvalue weighted by molar-refractivity contribution is 7.89. The van der Waals surface area contributed by atoms with Crippen molar-refractivity contribution in [2.75, 3.05) is 18.4 Å². The fourth-order valence-electron chi connectivity index (χ4n) is 4.21. The molecule has 4 aromatic rings. The molecule has 0 bridgehead atoms. The van der Waals surface area contributed by atoms with Gasteiger partial charge in [-0.25, -0.2) is 13.4 Å². The Morgan fingerprint density at radius 2 is 1.85 bits per heavy atom. The zero-order valence-corrected chi connectivity index (χ0v) is 19.8. The van der Waals surface area contributed by atoms with Gasteiger partial charge in [-0.1, -0.05) is 35.9 Å². The minimum atomic E-state index is -3.69. The zero-order chi connectivity index (χ0) is 23.7. The summed E-state index contributed by atoms with van der Waals surface area (Å²) in [5, 5.41) is 3.43. The summed E-state index contributed by atoms with van der Waals surface area (Å²) in [6.45, 7) is 0.524. The third kappa shape index (κ3) is 4.57. The number of amides is 1. The van der Waals surface area contributed by atoms with Crippen LogP contribution in [0.4, 0.5) is 5.69 Å². The van der Waals surface area contributed by atoms with Crippen molar-refractivity contribution in [3.63, 3.8) is 0 Å². The van der Waals surface area contributed by atoms with Crippen LogP contribution >= 0.6 is 11.6 Å². The van der Waals surface area contributed by atoms with Gasteiger partial charge in [0.25, 0.3) is 0 Å². The molecule has 0 saturated carbocycles. The van der Waals surface area contributed by atoms with E-state index < -0.39 is 15.9 Å². The number of nitrogens with one attached hydrogen (secondary N) is 2. The lowest BCUT2D eigenvalue weighted by Gasteiger charge is -2.31. The van der Waals surface area contributed by atoms with Gasteiger partial charge in [0.15, 0.2) is 0 Å². The summed E-state index contributed by atoms with van der Waals surface area (Å²) in [7, 11) is -3.69. The number of imidazole rings is 1. The highest BCUT2D eigenvalue weighted by Gasteiger charge is 2.33. The lowest BCUT2D eigenvalue weighted by atomic mass is 9.98. The van der Waals surface area contributed by atoms with Crippen molar-refractivity contribution in [1.82, 2.24) is 14.3 Å². The molecule has 2 heterocycles. The summed E-state index contributed by atoms with van der Waals surface area (Å²) in [4.78, 5) is 21.1. The SMILES string of the molecule is O=C(Nc1cccc(-c2nc3ccccc3[nH]2)c1)C1CCCN(S(=O)(=O)c2ccc(Cl)cc2)C1. The molecule has 0 spiro atoms. The summed E-state index contributed by atoms with van der Waals surface area (Å²) in [5.41, 5.74) is 3.30. The summed E-state index contributed by atoms with van der Waals surface area (Å²) in [6, 6.07) is 21.3.